The molecular formula is C44H60Cl6N11NaO3. The van der Waals surface area contributed by atoms with Crippen LogP contribution >= 0.6 is 69.6 Å². The molecule has 21 heteroatoms. The van der Waals surface area contributed by atoms with Crippen molar-refractivity contribution >= 4 is 105 Å². The molecule has 0 bridgehead atoms. The Balaban J connectivity index is 0.000000298. The summed E-state index contributed by atoms with van der Waals surface area (Å²) in [5, 5.41) is 8.34. The van der Waals surface area contributed by atoms with Gasteiger partial charge in [0.15, 0.2) is 5.65 Å². The van der Waals surface area contributed by atoms with Gasteiger partial charge in [0.05, 0.1) is 88.6 Å². The van der Waals surface area contributed by atoms with Crippen LogP contribution < -0.4 is 29.6 Å². The second-order valence-corrected chi connectivity index (χ2v) is 18.4. The van der Waals surface area contributed by atoms with Crippen LogP contribution in [0.5, 0.6) is 0 Å². The molecule has 5 aliphatic heterocycles. The fraction of sp³-hybridized carbons (Fsp3) is 0.636. The monoisotopic (exact) mass is 1020 g/mol. The van der Waals surface area contributed by atoms with Crippen molar-refractivity contribution in [2.75, 3.05) is 5.34 Å². The molecule has 0 spiro atoms. The molecule has 0 aromatic carbocycles. The molecule has 65 heavy (non-hydrogen) atoms. The zero-order valence-corrected chi connectivity index (χ0v) is 45.5. The Bertz CT molecular complexity index is 2150. The fourth-order valence-electron chi connectivity index (χ4n) is 8.48. The first-order chi connectivity index (χ1) is 30.5. The summed E-state index contributed by atoms with van der Waals surface area (Å²) in [4.78, 5) is 40.7. The van der Waals surface area contributed by atoms with Gasteiger partial charge in [-0.15, -0.1) is 23.2 Å². The zero-order valence-electron chi connectivity index (χ0n) is 40.0. The van der Waals surface area contributed by atoms with Crippen molar-refractivity contribution < 1.29 is 45.2 Å². The van der Waals surface area contributed by atoms with Crippen LogP contribution in [0.15, 0.2) is 16.3 Å². The Morgan fingerprint density at radius 3 is 1.43 bits per heavy atom. The van der Waals surface area contributed by atoms with E-state index in [1.807, 2.05) is 33.2 Å². The number of aromatic nitrogens is 8. The summed E-state index contributed by atoms with van der Waals surface area (Å²) in [7, 11) is 0. The standard InChI is InChI=1S/2C14H18ClN3O.C7H13ClO.C6H5ClN4.C2H3N.CH2Cl2.Na.H/c2*1-4-10-7(2)5-11(19-10)9-6-16-12-8(3)17-14(15)18-13(9)12;1-3-6-5(2)4-7(8)9-6;1-3-4-5(9-2-8-4)11-6(7)10-3;1-2-3;2-1-3;;/h2*6-7,9-11H,4-5H2,1-3H3;5-7H,3-4H2,1-2H3;2H,1H3,(H,8,9,10,11);1H3;1H2;;/q;;;;;;+1;-1/t7?,9?,10-,11-;7-,9?,10-,11+;5?,6-,7+;;;;;/m101...../s1. The molecule has 11 atom stereocenters. The van der Waals surface area contributed by atoms with Gasteiger partial charge in [0, 0.05) is 19.4 Å². The first kappa shape index (κ1) is 57.5. The Hall–Kier alpha value is -1.84. The van der Waals surface area contributed by atoms with Crippen molar-refractivity contribution in [3.8, 4) is 6.07 Å². The number of hydrogen-bond donors (Lipinski definition) is 1. The first-order valence-corrected chi connectivity index (χ1v) is 24.2. The summed E-state index contributed by atoms with van der Waals surface area (Å²) in [6.07, 6.45) is 13.2. The summed E-state index contributed by atoms with van der Waals surface area (Å²) >= 11 is 32.8. The summed E-state index contributed by atoms with van der Waals surface area (Å²) in [6.45, 7) is 20.3. The van der Waals surface area contributed by atoms with E-state index in [0.717, 1.165) is 83.9 Å². The third-order valence-electron chi connectivity index (χ3n) is 11.6. The van der Waals surface area contributed by atoms with Gasteiger partial charge in [-0.25, -0.2) is 29.9 Å². The SMILES string of the molecule is CC#N.CC[C@@H]1O[C@@H](C2C=Nc3c(C)nc(Cl)nc32)C[C@@H]1C.CC[C@H]1O[C@@H](C2C=Nc3c(C)nc(Cl)nc32)CC1C.CC[C@H]1O[C@H](Cl)CC1C.Cc1nc(Cl)nc2nc[nH]c12.ClCCl.[H-].[Na+]. The van der Waals surface area contributed by atoms with E-state index in [4.69, 9.17) is 89.1 Å². The average Bonchev–Trinajstić information content (AvgIpc) is 4.10. The number of aryl methyl sites for hydroxylation is 3. The molecular weight excluding hydrogens is 966 g/mol. The van der Waals surface area contributed by atoms with Crippen molar-refractivity contribution in [2.45, 2.75) is 156 Å². The third-order valence-corrected chi connectivity index (χ3v) is 12.4. The normalized spacial score (nSPS) is 27.5. The molecule has 0 amide bonds. The number of nitrogens with one attached hydrogen (secondary N) is 1. The molecule has 9 rings (SSSR count). The molecule has 0 aliphatic carbocycles. The molecule has 0 radical (unpaired) electrons. The summed E-state index contributed by atoms with van der Waals surface area (Å²) in [5.41, 5.74) is 7.51. The molecule has 352 valence electrons. The minimum atomic E-state index is -0.0232. The molecule has 14 nitrogen and oxygen atoms in total. The molecule has 9 heterocycles. The Morgan fingerprint density at radius 1 is 0.677 bits per heavy atom. The predicted molar refractivity (Wildman–Crippen MR) is 260 cm³/mol. The number of imidazole rings is 1. The largest absolute Gasteiger partial charge is 1.00 e. The van der Waals surface area contributed by atoms with Gasteiger partial charge in [0.2, 0.25) is 15.9 Å². The van der Waals surface area contributed by atoms with Crippen molar-refractivity contribution in [3.05, 3.63) is 50.6 Å². The smallest absolute Gasteiger partial charge is 1.00 e. The quantitative estimate of drug-likeness (QED) is 0.114. The summed E-state index contributed by atoms with van der Waals surface area (Å²) in [6, 6.07) is 1.75. The summed E-state index contributed by atoms with van der Waals surface area (Å²) < 4.78 is 17.7. The number of H-pyrrole nitrogens is 1. The van der Waals surface area contributed by atoms with Gasteiger partial charge >= 0.3 is 29.6 Å². The molecule has 3 fully saturated rings. The second kappa shape index (κ2) is 28.0. The van der Waals surface area contributed by atoms with Gasteiger partial charge in [-0.1, -0.05) is 53.1 Å². The maximum absolute atomic E-state index is 7.32. The molecule has 4 aromatic rings. The summed E-state index contributed by atoms with van der Waals surface area (Å²) in [5.74, 6) is 2.07. The van der Waals surface area contributed by atoms with E-state index in [1.165, 1.54) is 6.92 Å². The number of aliphatic imine (C=N–C) groups is 2. The Labute approximate surface area is 437 Å². The molecule has 5 aliphatic rings. The van der Waals surface area contributed by atoms with Crippen LogP contribution in [0.1, 0.15) is 129 Å². The van der Waals surface area contributed by atoms with Crippen molar-refractivity contribution in [1.82, 2.24) is 39.9 Å². The number of halogens is 6. The van der Waals surface area contributed by atoms with Gasteiger partial charge in [0.1, 0.15) is 22.5 Å². The third kappa shape index (κ3) is 15.6. The van der Waals surface area contributed by atoms with Crippen LogP contribution in [0.3, 0.4) is 0 Å². The topological polar surface area (TPSA) is 182 Å². The predicted octanol–water partition coefficient (Wildman–Crippen LogP) is 9.65. The zero-order chi connectivity index (χ0) is 47.2. The van der Waals surface area contributed by atoms with Crippen LogP contribution in [0.4, 0.5) is 11.4 Å². The van der Waals surface area contributed by atoms with Gasteiger partial charge in [-0.2, -0.15) is 10.2 Å². The van der Waals surface area contributed by atoms with Crippen molar-refractivity contribution in [2.24, 2.45) is 27.7 Å². The Kier molecular flexibility index (Phi) is 24.7. The van der Waals surface area contributed by atoms with E-state index in [0.29, 0.717) is 52.3 Å². The average molecular weight is 1030 g/mol. The van der Waals surface area contributed by atoms with Crippen LogP contribution in [0, 0.1) is 49.9 Å². The number of alkyl halides is 3. The van der Waals surface area contributed by atoms with E-state index >= 15 is 0 Å². The number of aromatic amines is 1. The van der Waals surface area contributed by atoms with Crippen LogP contribution in [0.2, 0.25) is 15.9 Å². The van der Waals surface area contributed by atoms with E-state index < -0.39 is 0 Å². The minimum Gasteiger partial charge on any atom is -1.00 e. The number of hydrogen-bond acceptors (Lipinski definition) is 13. The first-order valence-electron chi connectivity index (χ1n) is 21.6. The van der Waals surface area contributed by atoms with Gasteiger partial charge in [-0.3, -0.25) is 9.98 Å². The van der Waals surface area contributed by atoms with Crippen LogP contribution in [-0.4, -0.2) is 93.7 Å². The molecule has 4 unspecified atom stereocenters. The minimum absolute atomic E-state index is 0. The van der Waals surface area contributed by atoms with Gasteiger partial charge in [0.25, 0.3) is 0 Å². The molecule has 0 saturated carbocycles. The van der Waals surface area contributed by atoms with E-state index in [9.17, 15) is 0 Å². The molecule has 4 aromatic heterocycles. The van der Waals surface area contributed by atoms with E-state index in [2.05, 4.69) is 91.4 Å². The van der Waals surface area contributed by atoms with E-state index in [-0.39, 0.29) is 71.2 Å². The fourth-order valence-corrected chi connectivity index (χ4v) is 9.53. The Morgan fingerprint density at radius 2 is 1.06 bits per heavy atom. The van der Waals surface area contributed by atoms with Crippen LogP contribution in [-0.2, 0) is 14.2 Å². The van der Waals surface area contributed by atoms with Crippen molar-refractivity contribution in [1.29, 1.82) is 5.26 Å². The van der Waals surface area contributed by atoms with E-state index in [1.54, 1.807) is 12.4 Å². The number of rotatable bonds is 5. The maximum Gasteiger partial charge on any atom is 1.00 e. The molecule has 1 N–H and O–H groups in total. The van der Waals surface area contributed by atoms with Gasteiger partial charge < -0.3 is 20.6 Å². The number of ether oxygens (including phenoxy) is 3. The number of nitrogens with zero attached hydrogens (tertiary/aromatic N) is 10. The van der Waals surface area contributed by atoms with Gasteiger partial charge in [-0.05, 0) is 112 Å². The number of fused-ring (bicyclic) bond motifs is 3. The van der Waals surface area contributed by atoms with Crippen molar-refractivity contribution in [3.63, 3.8) is 0 Å². The maximum atomic E-state index is 7.32. The second-order valence-electron chi connectivity index (χ2n) is 16.1. The molecule has 3 saturated heterocycles. The number of nitriles is 1. The van der Waals surface area contributed by atoms with Crippen LogP contribution in [0.25, 0.3) is 11.2 Å².